The smallest absolute Gasteiger partial charge is 0.240 e. The zero-order chi connectivity index (χ0) is 13.0. The van der Waals surface area contributed by atoms with Crippen LogP contribution in [0.2, 0.25) is 0 Å². The number of amides is 2. The number of carbonyl (C=O) groups is 2. The molecule has 0 N–H and O–H groups in total. The highest BCUT2D eigenvalue weighted by molar-refractivity contribution is 9.09. The van der Waals surface area contributed by atoms with Crippen LogP contribution in [0, 0.1) is 5.92 Å². The Kier molecular flexibility index (Phi) is 4.53. The van der Waals surface area contributed by atoms with Gasteiger partial charge in [-0.25, -0.2) is 0 Å². The first kappa shape index (κ1) is 13.3. The van der Waals surface area contributed by atoms with Crippen LogP contribution in [0.4, 0.5) is 0 Å². The summed E-state index contributed by atoms with van der Waals surface area (Å²) in [6.07, 6.45) is 2.93. The number of halogens is 1. The highest BCUT2D eigenvalue weighted by Crippen LogP contribution is 2.29. The van der Waals surface area contributed by atoms with Gasteiger partial charge in [0.1, 0.15) is 0 Å². The molecule has 0 aliphatic heterocycles. The molecule has 96 valence electrons. The van der Waals surface area contributed by atoms with E-state index in [1.165, 1.54) is 4.90 Å². The van der Waals surface area contributed by atoms with Crippen LogP contribution < -0.4 is 0 Å². The van der Waals surface area contributed by atoms with Crippen molar-refractivity contribution in [3.8, 4) is 0 Å². The number of rotatable bonds is 4. The van der Waals surface area contributed by atoms with Gasteiger partial charge in [-0.1, -0.05) is 52.7 Å². The van der Waals surface area contributed by atoms with Crippen LogP contribution in [-0.4, -0.2) is 22.0 Å². The third kappa shape index (κ3) is 2.99. The lowest BCUT2D eigenvalue weighted by molar-refractivity contribution is -0.148. The topological polar surface area (TPSA) is 37.4 Å². The predicted molar refractivity (Wildman–Crippen MR) is 73.1 cm³/mol. The Bertz CT molecular complexity index is 429. The van der Waals surface area contributed by atoms with E-state index in [4.69, 9.17) is 0 Å². The summed E-state index contributed by atoms with van der Waals surface area (Å²) in [5.74, 6) is -0.123. The number of imide groups is 1. The number of hydrogen-bond acceptors (Lipinski definition) is 2. The highest BCUT2D eigenvalue weighted by atomic mass is 79.9. The summed E-state index contributed by atoms with van der Waals surface area (Å²) in [7, 11) is 0. The maximum atomic E-state index is 12.2. The van der Waals surface area contributed by atoms with Gasteiger partial charge < -0.3 is 0 Å². The van der Waals surface area contributed by atoms with E-state index in [1.807, 2.05) is 30.3 Å². The summed E-state index contributed by atoms with van der Waals surface area (Å²) < 4.78 is 0. The highest BCUT2D eigenvalue weighted by Gasteiger charge is 2.32. The molecule has 0 radical (unpaired) electrons. The minimum atomic E-state index is -0.157. The minimum Gasteiger partial charge on any atom is -0.277 e. The summed E-state index contributed by atoms with van der Waals surface area (Å²) in [5.41, 5.74) is 0.986. The molecule has 1 aliphatic rings. The van der Waals surface area contributed by atoms with Crippen LogP contribution in [0.25, 0.3) is 0 Å². The largest absolute Gasteiger partial charge is 0.277 e. The summed E-state index contributed by atoms with van der Waals surface area (Å²) in [6, 6.07) is 9.62. The molecular formula is C14H16BrNO2. The number of carbonyl (C=O) groups excluding carboxylic acids is 2. The molecule has 1 aromatic carbocycles. The van der Waals surface area contributed by atoms with Crippen LogP contribution >= 0.6 is 15.9 Å². The molecule has 2 rings (SSSR count). The molecule has 4 heteroatoms. The number of hydrogen-bond donors (Lipinski definition) is 0. The molecule has 0 saturated heterocycles. The molecule has 1 aliphatic carbocycles. The van der Waals surface area contributed by atoms with Crippen molar-refractivity contribution in [3.63, 3.8) is 0 Å². The van der Waals surface area contributed by atoms with Crippen LogP contribution in [0.15, 0.2) is 30.3 Å². The Morgan fingerprint density at radius 2 is 1.89 bits per heavy atom. The van der Waals surface area contributed by atoms with E-state index >= 15 is 0 Å². The third-order valence-corrected chi connectivity index (χ3v) is 3.80. The van der Waals surface area contributed by atoms with Gasteiger partial charge in [0.2, 0.25) is 11.8 Å². The second kappa shape index (κ2) is 6.14. The Morgan fingerprint density at radius 3 is 2.39 bits per heavy atom. The Hall–Kier alpha value is -1.16. The molecule has 0 aromatic heterocycles. The van der Waals surface area contributed by atoms with Crippen molar-refractivity contribution in [1.82, 2.24) is 4.90 Å². The second-order valence-electron chi connectivity index (χ2n) is 4.57. The number of benzene rings is 1. The van der Waals surface area contributed by atoms with Crippen molar-refractivity contribution in [2.24, 2.45) is 5.92 Å². The normalized spacial score (nSPS) is 14.9. The zero-order valence-electron chi connectivity index (χ0n) is 10.1. The van der Waals surface area contributed by atoms with Crippen LogP contribution in [-0.2, 0) is 16.1 Å². The first-order valence-electron chi connectivity index (χ1n) is 6.16. The monoisotopic (exact) mass is 309 g/mol. The molecule has 2 amide bonds. The van der Waals surface area contributed by atoms with Gasteiger partial charge in [-0.3, -0.25) is 14.5 Å². The van der Waals surface area contributed by atoms with E-state index in [0.29, 0.717) is 6.54 Å². The molecule has 0 atom stereocenters. The molecule has 0 heterocycles. The fraction of sp³-hybridized carbons (Fsp3) is 0.429. The van der Waals surface area contributed by atoms with Gasteiger partial charge in [-0.05, 0) is 18.4 Å². The maximum absolute atomic E-state index is 12.2. The molecule has 18 heavy (non-hydrogen) atoms. The van der Waals surface area contributed by atoms with Crippen molar-refractivity contribution < 1.29 is 9.59 Å². The van der Waals surface area contributed by atoms with E-state index in [0.717, 1.165) is 24.8 Å². The number of alkyl halides is 1. The molecular weight excluding hydrogens is 294 g/mol. The van der Waals surface area contributed by atoms with Gasteiger partial charge in [-0.2, -0.15) is 0 Å². The fourth-order valence-electron chi connectivity index (χ4n) is 2.00. The van der Waals surface area contributed by atoms with Gasteiger partial charge in [0.05, 0.1) is 11.9 Å². The minimum absolute atomic E-state index is 0.0189. The van der Waals surface area contributed by atoms with Gasteiger partial charge in [-0.15, -0.1) is 0 Å². The van der Waals surface area contributed by atoms with E-state index in [-0.39, 0.29) is 23.1 Å². The van der Waals surface area contributed by atoms with Crippen molar-refractivity contribution in [2.75, 3.05) is 5.33 Å². The van der Waals surface area contributed by atoms with Crippen LogP contribution in [0.5, 0.6) is 0 Å². The Balaban J connectivity index is 2.10. The molecule has 0 unspecified atom stereocenters. The predicted octanol–water partition coefficient (Wildman–Crippen LogP) is 2.74. The quantitative estimate of drug-likeness (QED) is 0.802. The molecule has 3 nitrogen and oxygen atoms in total. The summed E-state index contributed by atoms with van der Waals surface area (Å²) in [6.45, 7) is 0.376. The van der Waals surface area contributed by atoms with E-state index in [9.17, 15) is 9.59 Å². The lowest BCUT2D eigenvalue weighted by Gasteiger charge is -2.30. The fourth-order valence-corrected chi connectivity index (χ4v) is 2.31. The standard InChI is InChI=1S/C14H16BrNO2/c15-9-13(17)16(14(18)12-7-4-8-12)10-11-5-2-1-3-6-11/h1-3,5-6,12H,4,7-10H2. The molecule has 0 spiro atoms. The Labute approximate surface area is 115 Å². The average molecular weight is 310 g/mol. The second-order valence-corrected chi connectivity index (χ2v) is 5.13. The molecule has 1 aromatic rings. The van der Waals surface area contributed by atoms with Gasteiger partial charge in [0.25, 0.3) is 0 Å². The molecule has 1 fully saturated rings. The molecule has 1 saturated carbocycles. The van der Waals surface area contributed by atoms with Gasteiger partial charge in [0, 0.05) is 5.92 Å². The Morgan fingerprint density at radius 1 is 1.22 bits per heavy atom. The van der Waals surface area contributed by atoms with Crippen molar-refractivity contribution in [3.05, 3.63) is 35.9 Å². The first-order valence-corrected chi connectivity index (χ1v) is 7.28. The number of nitrogens with zero attached hydrogens (tertiary/aromatic N) is 1. The summed E-state index contributed by atoms with van der Waals surface area (Å²) >= 11 is 3.14. The van der Waals surface area contributed by atoms with E-state index in [1.54, 1.807) is 0 Å². The molecule has 0 bridgehead atoms. The SMILES string of the molecule is O=C(CBr)N(Cc1ccccc1)C(=O)C1CCC1. The lowest BCUT2D eigenvalue weighted by Crippen LogP contribution is -2.42. The average Bonchev–Trinajstić information content (AvgIpc) is 2.34. The van der Waals surface area contributed by atoms with Crippen molar-refractivity contribution in [2.45, 2.75) is 25.8 Å². The summed E-state index contributed by atoms with van der Waals surface area (Å²) in [5, 5.41) is 0.193. The van der Waals surface area contributed by atoms with Gasteiger partial charge >= 0.3 is 0 Å². The summed E-state index contributed by atoms with van der Waals surface area (Å²) in [4.78, 5) is 25.5. The van der Waals surface area contributed by atoms with E-state index in [2.05, 4.69) is 15.9 Å². The van der Waals surface area contributed by atoms with Crippen LogP contribution in [0.3, 0.4) is 0 Å². The maximum Gasteiger partial charge on any atom is 0.240 e. The van der Waals surface area contributed by atoms with Gasteiger partial charge in [0.15, 0.2) is 0 Å². The van der Waals surface area contributed by atoms with Crippen molar-refractivity contribution in [1.29, 1.82) is 0 Å². The third-order valence-electron chi connectivity index (χ3n) is 3.32. The van der Waals surface area contributed by atoms with Crippen molar-refractivity contribution >= 4 is 27.7 Å². The first-order chi connectivity index (χ1) is 8.72. The van der Waals surface area contributed by atoms with Crippen LogP contribution in [0.1, 0.15) is 24.8 Å². The zero-order valence-corrected chi connectivity index (χ0v) is 11.7. The van der Waals surface area contributed by atoms with E-state index < -0.39 is 0 Å². The lowest BCUT2D eigenvalue weighted by atomic mass is 9.84.